The van der Waals surface area contributed by atoms with Crippen molar-refractivity contribution in [3.8, 4) is 11.1 Å². The van der Waals surface area contributed by atoms with Crippen LogP contribution in [-0.2, 0) is 0 Å². The van der Waals surface area contributed by atoms with Gasteiger partial charge in [-0.25, -0.2) is 0 Å². The first-order chi connectivity index (χ1) is 6.90. The van der Waals surface area contributed by atoms with E-state index in [2.05, 4.69) is 4.98 Å². The monoisotopic (exact) mass is 219 g/mol. The highest BCUT2D eigenvalue weighted by molar-refractivity contribution is 5.85. The molecule has 0 aliphatic heterocycles. The maximum Gasteiger partial charge on any atom is 0.150 e. The van der Waals surface area contributed by atoms with Crippen LogP contribution in [-0.4, -0.2) is 11.3 Å². The second-order valence-electron chi connectivity index (χ2n) is 2.99. The van der Waals surface area contributed by atoms with Crippen LogP contribution < -0.4 is 0 Å². The topological polar surface area (TPSA) is 30.0 Å². The third kappa shape index (κ3) is 2.64. The van der Waals surface area contributed by atoms with E-state index in [0.717, 1.165) is 17.4 Å². The van der Waals surface area contributed by atoms with Gasteiger partial charge in [0.1, 0.15) is 6.29 Å². The number of benzene rings is 1. The largest absolute Gasteiger partial charge is 0.298 e. The Morgan fingerprint density at radius 2 is 1.87 bits per heavy atom. The van der Waals surface area contributed by atoms with Crippen molar-refractivity contribution in [2.45, 2.75) is 0 Å². The lowest BCUT2D eigenvalue weighted by atomic mass is 10.1. The molecule has 3 heteroatoms. The van der Waals surface area contributed by atoms with Crippen molar-refractivity contribution in [2.24, 2.45) is 0 Å². The highest BCUT2D eigenvalue weighted by Crippen LogP contribution is 2.18. The van der Waals surface area contributed by atoms with Crippen LogP contribution in [0.15, 0.2) is 48.8 Å². The second kappa shape index (κ2) is 5.27. The van der Waals surface area contributed by atoms with Crippen LogP contribution in [0, 0.1) is 0 Å². The smallest absolute Gasteiger partial charge is 0.150 e. The van der Waals surface area contributed by atoms with Crippen LogP contribution in [0.1, 0.15) is 10.4 Å². The molecular formula is C12H10ClNO. The van der Waals surface area contributed by atoms with Gasteiger partial charge < -0.3 is 0 Å². The Balaban J connectivity index is 0.00000112. The highest BCUT2D eigenvalue weighted by atomic mass is 35.5. The van der Waals surface area contributed by atoms with Crippen molar-refractivity contribution in [2.75, 3.05) is 0 Å². The molecule has 0 saturated heterocycles. The molecule has 0 bridgehead atoms. The van der Waals surface area contributed by atoms with Crippen LogP contribution in [0.3, 0.4) is 0 Å². The van der Waals surface area contributed by atoms with E-state index in [1.807, 2.05) is 30.3 Å². The number of pyridine rings is 1. The van der Waals surface area contributed by atoms with Crippen LogP contribution in [0.2, 0.25) is 0 Å². The quantitative estimate of drug-likeness (QED) is 0.727. The van der Waals surface area contributed by atoms with Gasteiger partial charge in [-0.1, -0.05) is 24.3 Å². The molecule has 15 heavy (non-hydrogen) atoms. The minimum atomic E-state index is 0. The molecule has 0 atom stereocenters. The second-order valence-corrected chi connectivity index (χ2v) is 2.99. The van der Waals surface area contributed by atoms with E-state index in [0.29, 0.717) is 5.56 Å². The molecule has 0 saturated carbocycles. The first-order valence-corrected chi connectivity index (χ1v) is 4.36. The van der Waals surface area contributed by atoms with Gasteiger partial charge in [-0.15, -0.1) is 12.4 Å². The number of rotatable bonds is 2. The molecule has 0 aliphatic rings. The van der Waals surface area contributed by atoms with Gasteiger partial charge in [0.25, 0.3) is 0 Å². The van der Waals surface area contributed by atoms with Gasteiger partial charge in [-0.3, -0.25) is 9.78 Å². The molecule has 2 aromatic rings. The van der Waals surface area contributed by atoms with Crippen molar-refractivity contribution in [1.29, 1.82) is 0 Å². The molecule has 1 aromatic carbocycles. The number of halogens is 1. The van der Waals surface area contributed by atoms with Gasteiger partial charge in [0.2, 0.25) is 0 Å². The Morgan fingerprint density at radius 1 is 1.07 bits per heavy atom. The molecule has 2 rings (SSSR count). The van der Waals surface area contributed by atoms with E-state index < -0.39 is 0 Å². The third-order valence-electron chi connectivity index (χ3n) is 2.02. The zero-order valence-electron chi connectivity index (χ0n) is 7.96. The maximum absolute atomic E-state index is 10.6. The SMILES string of the molecule is Cl.O=Cc1cccc(-c2cccnc2)c1. The zero-order valence-corrected chi connectivity index (χ0v) is 8.78. The van der Waals surface area contributed by atoms with Crippen LogP contribution in [0.4, 0.5) is 0 Å². The molecule has 2 nitrogen and oxygen atoms in total. The van der Waals surface area contributed by atoms with Crippen molar-refractivity contribution in [1.82, 2.24) is 4.98 Å². The fourth-order valence-electron chi connectivity index (χ4n) is 1.33. The van der Waals surface area contributed by atoms with E-state index >= 15 is 0 Å². The maximum atomic E-state index is 10.6. The molecule has 0 amide bonds. The summed E-state index contributed by atoms with van der Waals surface area (Å²) in [7, 11) is 0. The normalized spacial score (nSPS) is 9.07. The average molecular weight is 220 g/mol. The van der Waals surface area contributed by atoms with E-state index in [9.17, 15) is 4.79 Å². The Bertz CT molecular complexity index is 442. The summed E-state index contributed by atoms with van der Waals surface area (Å²) in [6.45, 7) is 0. The standard InChI is InChI=1S/C12H9NO.ClH/c14-9-10-3-1-4-11(7-10)12-5-2-6-13-8-12;/h1-9H;1H. The average Bonchev–Trinajstić information content (AvgIpc) is 2.30. The van der Waals surface area contributed by atoms with E-state index in [1.165, 1.54) is 0 Å². The lowest BCUT2D eigenvalue weighted by Gasteiger charge is -2.00. The predicted octanol–water partition coefficient (Wildman–Crippen LogP) is 2.98. The molecular weight excluding hydrogens is 210 g/mol. The first kappa shape index (κ1) is 11.4. The number of hydrogen-bond donors (Lipinski definition) is 0. The summed E-state index contributed by atoms with van der Waals surface area (Å²) in [4.78, 5) is 14.6. The summed E-state index contributed by atoms with van der Waals surface area (Å²) in [6, 6.07) is 11.3. The van der Waals surface area contributed by atoms with Gasteiger partial charge in [-0.05, 0) is 17.7 Å². The molecule has 76 valence electrons. The van der Waals surface area contributed by atoms with Gasteiger partial charge >= 0.3 is 0 Å². The van der Waals surface area contributed by atoms with Crippen molar-refractivity contribution in [3.05, 3.63) is 54.4 Å². The zero-order chi connectivity index (χ0) is 9.80. The Morgan fingerprint density at radius 3 is 2.53 bits per heavy atom. The van der Waals surface area contributed by atoms with Crippen LogP contribution in [0.25, 0.3) is 11.1 Å². The van der Waals surface area contributed by atoms with Crippen molar-refractivity contribution < 1.29 is 4.79 Å². The fraction of sp³-hybridized carbons (Fsp3) is 0. The van der Waals surface area contributed by atoms with Crippen LogP contribution >= 0.6 is 12.4 Å². The Labute approximate surface area is 94.4 Å². The van der Waals surface area contributed by atoms with Gasteiger partial charge in [-0.2, -0.15) is 0 Å². The minimum absolute atomic E-state index is 0. The van der Waals surface area contributed by atoms with Gasteiger partial charge in [0.15, 0.2) is 0 Å². The molecule has 0 unspecified atom stereocenters. The fourth-order valence-corrected chi connectivity index (χ4v) is 1.33. The lowest BCUT2D eigenvalue weighted by Crippen LogP contribution is -1.82. The van der Waals surface area contributed by atoms with Crippen LogP contribution in [0.5, 0.6) is 0 Å². The number of carbonyl (C=O) groups excluding carboxylic acids is 1. The van der Waals surface area contributed by atoms with E-state index in [4.69, 9.17) is 0 Å². The minimum Gasteiger partial charge on any atom is -0.298 e. The third-order valence-corrected chi connectivity index (χ3v) is 2.02. The molecule has 0 spiro atoms. The molecule has 1 heterocycles. The number of aromatic nitrogens is 1. The summed E-state index contributed by atoms with van der Waals surface area (Å²) in [6.07, 6.45) is 4.36. The summed E-state index contributed by atoms with van der Waals surface area (Å²) >= 11 is 0. The molecule has 0 radical (unpaired) electrons. The van der Waals surface area contributed by atoms with Crippen molar-refractivity contribution >= 4 is 18.7 Å². The summed E-state index contributed by atoms with van der Waals surface area (Å²) in [5, 5.41) is 0. The molecule has 0 fully saturated rings. The number of hydrogen-bond acceptors (Lipinski definition) is 2. The van der Waals surface area contributed by atoms with E-state index in [1.54, 1.807) is 18.5 Å². The lowest BCUT2D eigenvalue weighted by molar-refractivity contribution is 0.112. The molecule has 0 aliphatic carbocycles. The summed E-state index contributed by atoms with van der Waals surface area (Å²) in [5.41, 5.74) is 2.73. The molecule has 1 aromatic heterocycles. The summed E-state index contributed by atoms with van der Waals surface area (Å²) < 4.78 is 0. The number of aldehydes is 1. The molecule has 0 N–H and O–H groups in total. The van der Waals surface area contributed by atoms with E-state index in [-0.39, 0.29) is 12.4 Å². The van der Waals surface area contributed by atoms with Crippen molar-refractivity contribution in [3.63, 3.8) is 0 Å². The van der Waals surface area contributed by atoms with Gasteiger partial charge in [0, 0.05) is 23.5 Å². The number of nitrogens with zero attached hydrogens (tertiary/aromatic N) is 1. The Hall–Kier alpha value is -1.67. The number of carbonyl (C=O) groups is 1. The predicted molar refractivity (Wildman–Crippen MR) is 62.3 cm³/mol. The highest BCUT2D eigenvalue weighted by Gasteiger charge is 1.97. The first-order valence-electron chi connectivity index (χ1n) is 4.36. The summed E-state index contributed by atoms with van der Waals surface area (Å²) in [5.74, 6) is 0. The van der Waals surface area contributed by atoms with Gasteiger partial charge in [0.05, 0.1) is 0 Å². The Kier molecular flexibility index (Phi) is 4.01.